The summed E-state index contributed by atoms with van der Waals surface area (Å²) < 4.78 is 0. The Morgan fingerprint density at radius 1 is 1.29 bits per heavy atom. The molecule has 17 heavy (non-hydrogen) atoms. The quantitative estimate of drug-likeness (QED) is 0.841. The molecule has 0 aliphatic carbocycles. The molecular formula is C14H20N2O. The van der Waals surface area contributed by atoms with Crippen LogP contribution in [0.5, 0.6) is 0 Å². The number of benzene rings is 1. The molecule has 1 aliphatic rings. The summed E-state index contributed by atoms with van der Waals surface area (Å²) in [5.41, 5.74) is 7.04. The van der Waals surface area contributed by atoms with Gasteiger partial charge in [0.2, 0.25) is 5.91 Å². The lowest BCUT2D eigenvalue weighted by Crippen LogP contribution is -2.40. The van der Waals surface area contributed by atoms with E-state index < -0.39 is 0 Å². The van der Waals surface area contributed by atoms with Gasteiger partial charge in [-0.3, -0.25) is 4.79 Å². The highest BCUT2D eigenvalue weighted by Gasteiger charge is 2.19. The number of carbonyl (C=O) groups excluding carboxylic acids is 1. The number of nitrogens with zero attached hydrogens (tertiary/aromatic N) is 1. The van der Waals surface area contributed by atoms with Crippen LogP contribution in [0.15, 0.2) is 30.3 Å². The molecule has 1 amide bonds. The molecule has 0 radical (unpaired) electrons. The van der Waals surface area contributed by atoms with Crippen molar-refractivity contribution in [3.63, 3.8) is 0 Å². The zero-order chi connectivity index (χ0) is 12.1. The number of rotatable bonds is 2. The number of hydrogen-bond donors (Lipinski definition) is 1. The second-order valence-electron chi connectivity index (χ2n) is 4.76. The molecule has 3 nitrogen and oxygen atoms in total. The van der Waals surface area contributed by atoms with E-state index in [1.807, 2.05) is 35.2 Å². The van der Waals surface area contributed by atoms with Gasteiger partial charge < -0.3 is 10.6 Å². The van der Waals surface area contributed by atoms with Crippen LogP contribution < -0.4 is 5.73 Å². The van der Waals surface area contributed by atoms with Crippen LogP contribution in [0.25, 0.3) is 0 Å². The molecule has 1 fully saturated rings. The Labute approximate surface area is 103 Å². The van der Waals surface area contributed by atoms with Crippen molar-refractivity contribution < 1.29 is 4.79 Å². The van der Waals surface area contributed by atoms with Crippen molar-refractivity contribution >= 4 is 5.91 Å². The maximum absolute atomic E-state index is 12.1. The Kier molecular flexibility index (Phi) is 4.15. The van der Waals surface area contributed by atoms with Crippen LogP contribution in [-0.4, -0.2) is 29.9 Å². The molecule has 1 saturated heterocycles. The van der Waals surface area contributed by atoms with Gasteiger partial charge in [0.05, 0.1) is 6.42 Å². The van der Waals surface area contributed by atoms with E-state index in [2.05, 4.69) is 0 Å². The molecule has 0 saturated carbocycles. The molecule has 1 aliphatic heterocycles. The predicted octanol–water partition coefficient (Wildman–Crippen LogP) is 1.57. The van der Waals surface area contributed by atoms with E-state index in [-0.39, 0.29) is 11.9 Å². The first-order chi connectivity index (χ1) is 8.25. The molecule has 1 unspecified atom stereocenters. The van der Waals surface area contributed by atoms with Crippen LogP contribution in [0, 0.1) is 0 Å². The third kappa shape index (κ3) is 3.56. The first-order valence-electron chi connectivity index (χ1n) is 6.33. The van der Waals surface area contributed by atoms with Gasteiger partial charge in [0.1, 0.15) is 0 Å². The zero-order valence-corrected chi connectivity index (χ0v) is 10.1. The standard InChI is InChI=1S/C14H20N2O/c15-13-8-4-5-9-16(11-13)14(17)10-12-6-2-1-3-7-12/h1-3,6-7,13H,4-5,8-11,15H2. The SMILES string of the molecule is NC1CCCCN(C(=O)Cc2ccccc2)C1. The number of amides is 1. The fourth-order valence-corrected chi connectivity index (χ4v) is 2.28. The fourth-order valence-electron chi connectivity index (χ4n) is 2.28. The minimum Gasteiger partial charge on any atom is -0.341 e. The van der Waals surface area contributed by atoms with Gasteiger partial charge in [-0.05, 0) is 18.4 Å². The topological polar surface area (TPSA) is 46.3 Å². The van der Waals surface area contributed by atoms with Gasteiger partial charge in [0, 0.05) is 19.1 Å². The van der Waals surface area contributed by atoms with Crippen LogP contribution in [0.2, 0.25) is 0 Å². The lowest BCUT2D eigenvalue weighted by molar-refractivity contribution is -0.130. The van der Waals surface area contributed by atoms with E-state index in [0.29, 0.717) is 13.0 Å². The van der Waals surface area contributed by atoms with Crippen LogP contribution in [0.1, 0.15) is 24.8 Å². The van der Waals surface area contributed by atoms with Crippen molar-refractivity contribution in [3.8, 4) is 0 Å². The maximum atomic E-state index is 12.1. The zero-order valence-electron chi connectivity index (χ0n) is 10.1. The lowest BCUT2D eigenvalue weighted by atomic mass is 10.1. The Morgan fingerprint density at radius 3 is 2.82 bits per heavy atom. The molecule has 0 spiro atoms. The summed E-state index contributed by atoms with van der Waals surface area (Å²) in [6, 6.07) is 10.0. The Hall–Kier alpha value is -1.35. The summed E-state index contributed by atoms with van der Waals surface area (Å²) in [4.78, 5) is 14.1. The Morgan fingerprint density at radius 2 is 2.06 bits per heavy atom. The highest BCUT2D eigenvalue weighted by atomic mass is 16.2. The molecule has 1 aromatic rings. The largest absolute Gasteiger partial charge is 0.341 e. The summed E-state index contributed by atoms with van der Waals surface area (Å²) >= 11 is 0. The van der Waals surface area contributed by atoms with E-state index in [0.717, 1.165) is 31.4 Å². The molecular weight excluding hydrogens is 212 g/mol. The summed E-state index contributed by atoms with van der Waals surface area (Å²) in [7, 11) is 0. The van der Waals surface area contributed by atoms with E-state index in [1.54, 1.807) is 0 Å². The monoisotopic (exact) mass is 232 g/mol. The average molecular weight is 232 g/mol. The molecule has 0 bridgehead atoms. The minimum atomic E-state index is 0.150. The third-order valence-corrected chi connectivity index (χ3v) is 3.26. The summed E-state index contributed by atoms with van der Waals surface area (Å²) in [5.74, 6) is 0.202. The van der Waals surface area contributed by atoms with Gasteiger partial charge in [-0.25, -0.2) is 0 Å². The van der Waals surface area contributed by atoms with Crippen molar-refractivity contribution in [1.29, 1.82) is 0 Å². The molecule has 1 aromatic carbocycles. The predicted molar refractivity (Wildman–Crippen MR) is 68.6 cm³/mol. The first-order valence-corrected chi connectivity index (χ1v) is 6.33. The van der Waals surface area contributed by atoms with E-state index >= 15 is 0 Å². The van der Waals surface area contributed by atoms with Crippen LogP contribution in [0.4, 0.5) is 0 Å². The van der Waals surface area contributed by atoms with E-state index in [9.17, 15) is 4.79 Å². The van der Waals surface area contributed by atoms with Crippen molar-refractivity contribution in [1.82, 2.24) is 4.90 Å². The maximum Gasteiger partial charge on any atom is 0.227 e. The highest BCUT2D eigenvalue weighted by Crippen LogP contribution is 2.11. The highest BCUT2D eigenvalue weighted by molar-refractivity contribution is 5.78. The Balaban J connectivity index is 1.95. The molecule has 2 N–H and O–H groups in total. The Bertz CT molecular complexity index is 364. The van der Waals surface area contributed by atoms with Gasteiger partial charge in [-0.15, -0.1) is 0 Å². The van der Waals surface area contributed by atoms with Gasteiger partial charge in [-0.2, -0.15) is 0 Å². The first kappa shape index (κ1) is 12.1. The molecule has 1 heterocycles. The summed E-state index contributed by atoms with van der Waals surface area (Å²) in [6.45, 7) is 1.57. The fraction of sp³-hybridized carbons (Fsp3) is 0.500. The normalized spacial score (nSPS) is 21.0. The second kappa shape index (κ2) is 5.82. The van der Waals surface area contributed by atoms with E-state index in [1.165, 1.54) is 0 Å². The molecule has 92 valence electrons. The van der Waals surface area contributed by atoms with Crippen LogP contribution in [-0.2, 0) is 11.2 Å². The third-order valence-electron chi connectivity index (χ3n) is 3.26. The van der Waals surface area contributed by atoms with Crippen LogP contribution in [0.3, 0.4) is 0 Å². The van der Waals surface area contributed by atoms with Crippen molar-refractivity contribution in [3.05, 3.63) is 35.9 Å². The number of carbonyl (C=O) groups is 1. The van der Waals surface area contributed by atoms with Gasteiger partial charge in [-0.1, -0.05) is 36.8 Å². The van der Waals surface area contributed by atoms with Crippen molar-refractivity contribution in [2.45, 2.75) is 31.7 Å². The lowest BCUT2D eigenvalue weighted by Gasteiger charge is -2.22. The van der Waals surface area contributed by atoms with Gasteiger partial charge in [0.15, 0.2) is 0 Å². The van der Waals surface area contributed by atoms with Crippen molar-refractivity contribution in [2.75, 3.05) is 13.1 Å². The van der Waals surface area contributed by atoms with Crippen LogP contribution >= 0.6 is 0 Å². The molecule has 1 atom stereocenters. The summed E-state index contributed by atoms with van der Waals surface area (Å²) in [6.07, 6.45) is 3.74. The van der Waals surface area contributed by atoms with Crippen molar-refractivity contribution in [2.24, 2.45) is 5.73 Å². The molecule has 0 aromatic heterocycles. The molecule has 2 rings (SSSR count). The molecule has 3 heteroatoms. The van der Waals surface area contributed by atoms with E-state index in [4.69, 9.17) is 5.73 Å². The number of hydrogen-bond acceptors (Lipinski definition) is 2. The average Bonchev–Trinajstić information content (AvgIpc) is 2.55. The smallest absolute Gasteiger partial charge is 0.227 e. The van der Waals surface area contributed by atoms with Gasteiger partial charge >= 0.3 is 0 Å². The summed E-state index contributed by atoms with van der Waals surface area (Å²) in [5, 5.41) is 0. The van der Waals surface area contributed by atoms with Gasteiger partial charge in [0.25, 0.3) is 0 Å². The second-order valence-corrected chi connectivity index (χ2v) is 4.76. The minimum absolute atomic E-state index is 0.150. The number of likely N-dealkylation sites (tertiary alicyclic amines) is 1. The number of nitrogens with two attached hydrogens (primary N) is 1.